The summed E-state index contributed by atoms with van der Waals surface area (Å²) in [6.45, 7) is 8.36. The normalized spacial score (nSPS) is 9.77. The second-order valence-corrected chi connectivity index (χ2v) is 3.75. The zero-order valence-corrected chi connectivity index (χ0v) is 9.35. The van der Waals surface area contributed by atoms with Crippen LogP contribution >= 0.6 is 15.9 Å². The summed E-state index contributed by atoms with van der Waals surface area (Å²) in [6.07, 6.45) is 0. The molecule has 0 saturated carbocycles. The van der Waals surface area contributed by atoms with Gasteiger partial charge in [-0.2, -0.15) is 0 Å². The second-order valence-electron chi connectivity index (χ2n) is 2.93. The molecule has 4 heteroatoms. The number of hydrogen-bond donors (Lipinski definition) is 1. The summed E-state index contributed by atoms with van der Waals surface area (Å²) in [5.74, 6) is 1.57. The van der Waals surface area contributed by atoms with Gasteiger partial charge in [-0.3, -0.25) is 0 Å². The van der Waals surface area contributed by atoms with Gasteiger partial charge < -0.3 is 5.32 Å². The topological polar surface area (TPSA) is 37.8 Å². The van der Waals surface area contributed by atoms with Gasteiger partial charge in [0.15, 0.2) is 0 Å². The van der Waals surface area contributed by atoms with Crippen LogP contribution in [0.25, 0.3) is 0 Å². The van der Waals surface area contributed by atoms with Crippen molar-refractivity contribution in [3.63, 3.8) is 0 Å². The maximum absolute atomic E-state index is 4.21. The van der Waals surface area contributed by atoms with Crippen LogP contribution in [0.2, 0.25) is 0 Å². The quantitative estimate of drug-likeness (QED) is 0.653. The number of rotatable bonds is 3. The molecule has 0 amide bonds. The van der Waals surface area contributed by atoms with E-state index in [4.69, 9.17) is 0 Å². The number of aromatic nitrogens is 2. The highest BCUT2D eigenvalue weighted by Gasteiger charge is 1.98. The minimum atomic E-state index is 0.739. The van der Waals surface area contributed by atoms with Crippen LogP contribution in [0.3, 0.4) is 0 Å². The van der Waals surface area contributed by atoms with Crippen LogP contribution in [0.5, 0.6) is 0 Å². The standard InChI is InChI=1S/C9H12BrN3/c1-6(2)5-11-9-4-8(10)12-7(3)13-9/h4H,1,5H2,2-3H3,(H,11,12,13). The van der Waals surface area contributed by atoms with Gasteiger partial charge in [0.2, 0.25) is 0 Å². The molecular weight excluding hydrogens is 230 g/mol. The van der Waals surface area contributed by atoms with Gasteiger partial charge in [-0.1, -0.05) is 12.2 Å². The van der Waals surface area contributed by atoms with E-state index < -0.39 is 0 Å². The Morgan fingerprint density at radius 1 is 1.62 bits per heavy atom. The average Bonchev–Trinajstić information content (AvgIpc) is 1.99. The average molecular weight is 242 g/mol. The Balaban J connectivity index is 2.71. The predicted molar refractivity (Wildman–Crippen MR) is 57.8 cm³/mol. The summed E-state index contributed by atoms with van der Waals surface area (Å²) in [7, 11) is 0. The van der Waals surface area contributed by atoms with Gasteiger partial charge in [0.25, 0.3) is 0 Å². The lowest BCUT2D eigenvalue weighted by molar-refractivity contribution is 1.02. The number of anilines is 1. The monoisotopic (exact) mass is 241 g/mol. The van der Waals surface area contributed by atoms with Crippen molar-refractivity contribution in [1.82, 2.24) is 9.97 Å². The SMILES string of the molecule is C=C(C)CNc1cc(Br)nc(C)n1. The van der Waals surface area contributed by atoms with E-state index in [1.165, 1.54) is 0 Å². The summed E-state index contributed by atoms with van der Waals surface area (Å²) in [6, 6.07) is 1.84. The van der Waals surface area contributed by atoms with Gasteiger partial charge in [0.05, 0.1) is 0 Å². The zero-order chi connectivity index (χ0) is 9.84. The predicted octanol–water partition coefficient (Wildman–Crippen LogP) is 2.54. The van der Waals surface area contributed by atoms with Crippen molar-refractivity contribution in [3.05, 3.63) is 28.6 Å². The Kier molecular flexibility index (Phi) is 3.42. The van der Waals surface area contributed by atoms with E-state index >= 15 is 0 Å². The Bertz CT molecular complexity index is 302. The Labute approximate surface area is 86.4 Å². The summed E-state index contributed by atoms with van der Waals surface area (Å²) < 4.78 is 0.796. The first-order valence-electron chi connectivity index (χ1n) is 3.97. The summed E-state index contributed by atoms with van der Waals surface area (Å²) in [4.78, 5) is 8.32. The molecule has 0 bridgehead atoms. The Morgan fingerprint density at radius 2 is 2.31 bits per heavy atom. The third-order valence-corrected chi connectivity index (χ3v) is 1.78. The molecule has 1 heterocycles. The van der Waals surface area contributed by atoms with E-state index in [-0.39, 0.29) is 0 Å². The van der Waals surface area contributed by atoms with E-state index in [1.54, 1.807) is 0 Å². The first-order valence-corrected chi connectivity index (χ1v) is 4.76. The number of nitrogens with zero attached hydrogens (tertiary/aromatic N) is 2. The second kappa shape index (κ2) is 4.37. The van der Waals surface area contributed by atoms with Crippen molar-refractivity contribution in [3.8, 4) is 0 Å². The molecule has 0 aliphatic rings. The van der Waals surface area contributed by atoms with Crippen LogP contribution in [0.15, 0.2) is 22.8 Å². The van der Waals surface area contributed by atoms with Crippen LogP contribution in [-0.4, -0.2) is 16.5 Å². The largest absolute Gasteiger partial charge is 0.366 e. The molecule has 0 saturated heterocycles. The number of nitrogens with one attached hydrogen (secondary N) is 1. The van der Waals surface area contributed by atoms with Crippen molar-refractivity contribution in [1.29, 1.82) is 0 Å². The fourth-order valence-electron chi connectivity index (χ4n) is 0.863. The lowest BCUT2D eigenvalue weighted by Gasteiger charge is -2.05. The molecule has 0 aliphatic carbocycles. The van der Waals surface area contributed by atoms with E-state index in [0.717, 1.165) is 28.4 Å². The molecule has 70 valence electrons. The molecule has 13 heavy (non-hydrogen) atoms. The van der Waals surface area contributed by atoms with E-state index in [2.05, 4.69) is 37.8 Å². The molecular formula is C9H12BrN3. The Morgan fingerprint density at radius 3 is 2.85 bits per heavy atom. The third kappa shape index (κ3) is 3.55. The number of aryl methyl sites for hydroxylation is 1. The van der Waals surface area contributed by atoms with Crippen molar-refractivity contribution in [2.75, 3.05) is 11.9 Å². The maximum atomic E-state index is 4.21. The summed E-state index contributed by atoms with van der Waals surface area (Å²) in [5, 5.41) is 3.15. The first kappa shape index (κ1) is 10.2. The molecule has 0 atom stereocenters. The minimum absolute atomic E-state index is 0.739. The number of hydrogen-bond acceptors (Lipinski definition) is 3. The van der Waals surface area contributed by atoms with Crippen LogP contribution in [0, 0.1) is 6.92 Å². The molecule has 1 rings (SSSR count). The molecule has 1 aromatic rings. The molecule has 1 aromatic heterocycles. The highest BCUT2D eigenvalue weighted by molar-refractivity contribution is 9.10. The fourth-order valence-corrected chi connectivity index (χ4v) is 1.34. The summed E-state index contributed by atoms with van der Waals surface area (Å²) >= 11 is 3.31. The van der Waals surface area contributed by atoms with Crippen LogP contribution in [0.1, 0.15) is 12.7 Å². The van der Waals surface area contributed by atoms with Crippen LogP contribution in [-0.2, 0) is 0 Å². The molecule has 0 spiro atoms. The van der Waals surface area contributed by atoms with Crippen LogP contribution in [0.4, 0.5) is 5.82 Å². The van der Waals surface area contributed by atoms with Crippen molar-refractivity contribution in [2.24, 2.45) is 0 Å². The molecule has 0 unspecified atom stereocenters. The van der Waals surface area contributed by atoms with Gasteiger partial charge in [0, 0.05) is 12.6 Å². The van der Waals surface area contributed by atoms with Gasteiger partial charge in [-0.25, -0.2) is 9.97 Å². The molecule has 0 radical (unpaired) electrons. The fraction of sp³-hybridized carbons (Fsp3) is 0.333. The van der Waals surface area contributed by atoms with E-state index in [0.29, 0.717) is 0 Å². The lowest BCUT2D eigenvalue weighted by atomic mass is 10.3. The van der Waals surface area contributed by atoms with Crippen molar-refractivity contribution < 1.29 is 0 Å². The van der Waals surface area contributed by atoms with Gasteiger partial charge >= 0.3 is 0 Å². The Hall–Kier alpha value is -0.900. The molecule has 0 aromatic carbocycles. The van der Waals surface area contributed by atoms with Crippen molar-refractivity contribution >= 4 is 21.7 Å². The number of halogens is 1. The maximum Gasteiger partial charge on any atom is 0.131 e. The van der Waals surface area contributed by atoms with Crippen LogP contribution < -0.4 is 5.32 Å². The zero-order valence-electron chi connectivity index (χ0n) is 7.76. The van der Waals surface area contributed by atoms with Gasteiger partial charge in [-0.15, -0.1) is 0 Å². The molecule has 3 nitrogen and oxygen atoms in total. The minimum Gasteiger partial charge on any atom is -0.366 e. The van der Waals surface area contributed by atoms with Gasteiger partial charge in [0.1, 0.15) is 16.2 Å². The molecule has 0 fully saturated rings. The molecule has 1 N–H and O–H groups in total. The van der Waals surface area contributed by atoms with E-state index in [1.807, 2.05) is 19.9 Å². The summed E-state index contributed by atoms with van der Waals surface area (Å²) in [5.41, 5.74) is 1.08. The third-order valence-electron chi connectivity index (χ3n) is 1.38. The van der Waals surface area contributed by atoms with Crippen molar-refractivity contribution in [2.45, 2.75) is 13.8 Å². The first-order chi connectivity index (χ1) is 6.08. The highest BCUT2D eigenvalue weighted by Crippen LogP contribution is 2.11. The smallest absolute Gasteiger partial charge is 0.131 e. The lowest BCUT2D eigenvalue weighted by Crippen LogP contribution is -2.05. The highest BCUT2D eigenvalue weighted by atomic mass is 79.9. The van der Waals surface area contributed by atoms with Gasteiger partial charge in [-0.05, 0) is 29.8 Å². The molecule has 0 aliphatic heterocycles. The van der Waals surface area contributed by atoms with E-state index in [9.17, 15) is 0 Å².